The summed E-state index contributed by atoms with van der Waals surface area (Å²) in [5, 5.41) is 11.5. The topological polar surface area (TPSA) is 46.0 Å². The molecule has 18 heavy (non-hydrogen) atoms. The van der Waals surface area contributed by atoms with E-state index in [9.17, 15) is 0 Å². The van der Waals surface area contributed by atoms with Crippen LogP contribution in [-0.2, 0) is 6.54 Å². The van der Waals surface area contributed by atoms with Crippen LogP contribution in [0.1, 0.15) is 33.6 Å². The summed E-state index contributed by atoms with van der Waals surface area (Å²) in [6.07, 6.45) is 4.20. The molecule has 1 aromatic rings. The first-order valence-electron chi connectivity index (χ1n) is 7.07. The molecule has 5 heteroatoms. The Kier molecular flexibility index (Phi) is 4.58. The molecule has 0 spiro atoms. The van der Waals surface area contributed by atoms with E-state index in [1.54, 1.807) is 0 Å². The van der Waals surface area contributed by atoms with Crippen LogP contribution in [0, 0.1) is 5.92 Å². The zero-order chi connectivity index (χ0) is 13.0. The van der Waals surface area contributed by atoms with Gasteiger partial charge in [0.2, 0.25) is 0 Å². The monoisotopic (exact) mass is 251 g/mol. The molecule has 1 aliphatic heterocycles. The van der Waals surface area contributed by atoms with Gasteiger partial charge in [0, 0.05) is 25.7 Å². The van der Waals surface area contributed by atoms with Crippen molar-refractivity contribution in [3.63, 3.8) is 0 Å². The molecule has 0 saturated carbocycles. The summed E-state index contributed by atoms with van der Waals surface area (Å²) in [5.74, 6) is 1.80. The largest absolute Gasteiger partial charge is 0.369 e. The van der Waals surface area contributed by atoms with Crippen molar-refractivity contribution in [2.24, 2.45) is 5.92 Å². The number of hydrogen-bond acceptors (Lipinski definition) is 4. The highest BCUT2D eigenvalue weighted by Crippen LogP contribution is 2.19. The lowest BCUT2D eigenvalue weighted by Gasteiger charge is -2.20. The Morgan fingerprint density at radius 2 is 2.33 bits per heavy atom. The first-order chi connectivity index (χ1) is 8.70. The number of nitrogens with zero attached hydrogens (tertiary/aromatic N) is 4. The van der Waals surface area contributed by atoms with E-state index in [-0.39, 0.29) is 0 Å². The lowest BCUT2D eigenvalue weighted by atomic mass is 10.1. The maximum absolute atomic E-state index is 4.09. The van der Waals surface area contributed by atoms with E-state index in [1.807, 2.05) is 10.9 Å². The molecule has 1 aromatic heterocycles. The first kappa shape index (κ1) is 13.3. The van der Waals surface area contributed by atoms with Crippen LogP contribution in [0.5, 0.6) is 0 Å². The Morgan fingerprint density at radius 1 is 1.50 bits per heavy atom. The maximum atomic E-state index is 4.09. The lowest BCUT2D eigenvalue weighted by molar-refractivity contribution is 0.266. The average molecular weight is 251 g/mol. The van der Waals surface area contributed by atoms with E-state index in [1.165, 1.54) is 19.5 Å². The van der Waals surface area contributed by atoms with Crippen molar-refractivity contribution in [3.8, 4) is 0 Å². The fourth-order valence-electron chi connectivity index (χ4n) is 2.52. The predicted octanol–water partition coefficient (Wildman–Crippen LogP) is 1.83. The van der Waals surface area contributed by atoms with Crippen LogP contribution < -0.4 is 5.32 Å². The molecule has 0 bridgehead atoms. The zero-order valence-electron chi connectivity index (χ0n) is 11.8. The second-order valence-electron chi connectivity index (χ2n) is 5.47. The molecule has 1 aliphatic rings. The normalized spacial score (nSPS) is 20.8. The van der Waals surface area contributed by atoms with Gasteiger partial charge in [-0.25, -0.2) is 4.68 Å². The highest BCUT2D eigenvalue weighted by Gasteiger charge is 2.24. The summed E-state index contributed by atoms with van der Waals surface area (Å²) >= 11 is 0. The van der Waals surface area contributed by atoms with Crippen molar-refractivity contribution < 1.29 is 0 Å². The summed E-state index contributed by atoms with van der Waals surface area (Å²) < 4.78 is 1.95. The molecular weight excluding hydrogens is 226 g/mol. The van der Waals surface area contributed by atoms with Crippen molar-refractivity contribution in [3.05, 3.63) is 6.20 Å². The molecule has 102 valence electrons. The molecule has 0 amide bonds. The van der Waals surface area contributed by atoms with Crippen LogP contribution in [0.4, 0.5) is 5.82 Å². The quantitative estimate of drug-likeness (QED) is 0.838. The molecule has 0 radical (unpaired) electrons. The van der Waals surface area contributed by atoms with E-state index < -0.39 is 0 Å². The van der Waals surface area contributed by atoms with Gasteiger partial charge in [0.15, 0.2) is 0 Å². The van der Waals surface area contributed by atoms with Crippen molar-refractivity contribution in [1.29, 1.82) is 0 Å². The Hall–Kier alpha value is -1.10. The molecule has 5 nitrogen and oxygen atoms in total. The number of aromatic nitrogens is 3. The van der Waals surface area contributed by atoms with Gasteiger partial charge in [-0.1, -0.05) is 12.1 Å². The minimum Gasteiger partial charge on any atom is -0.369 e. The van der Waals surface area contributed by atoms with Crippen LogP contribution in [0.2, 0.25) is 0 Å². The number of hydrogen-bond donors (Lipinski definition) is 1. The Morgan fingerprint density at radius 3 is 3.00 bits per heavy atom. The number of nitrogens with one attached hydrogen (secondary N) is 1. The molecule has 2 heterocycles. The van der Waals surface area contributed by atoms with Crippen LogP contribution in [0.15, 0.2) is 6.20 Å². The number of anilines is 1. The molecule has 0 aliphatic carbocycles. The van der Waals surface area contributed by atoms with Gasteiger partial charge in [-0.3, -0.25) is 0 Å². The van der Waals surface area contributed by atoms with E-state index in [4.69, 9.17) is 0 Å². The summed E-state index contributed by atoms with van der Waals surface area (Å²) in [6, 6.07) is 0.669. The Labute approximate surface area is 110 Å². The first-order valence-corrected chi connectivity index (χ1v) is 7.07. The van der Waals surface area contributed by atoms with Gasteiger partial charge in [-0.15, -0.1) is 5.10 Å². The number of rotatable bonds is 6. The predicted molar refractivity (Wildman–Crippen MR) is 73.6 cm³/mol. The highest BCUT2D eigenvalue weighted by molar-refractivity contribution is 5.30. The third kappa shape index (κ3) is 3.22. The van der Waals surface area contributed by atoms with E-state index in [0.717, 1.165) is 31.2 Å². The smallest absolute Gasteiger partial charge is 0.144 e. The Balaban J connectivity index is 1.80. The Bertz CT molecular complexity index is 360. The summed E-state index contributed by atoms with van der Waals surface area (Å²) in [6.45, 7) is 11.1. The molecule has 1 saturated heterocycles. The van der Waals surface area contributed by atoms with E-state index >= 15 is 0 Å². The fourth-order valence-corrected chi connectivity index (χ4v) is 2.52. The molecule has 0 aromatic carbocycles. The second-order valence-corrected chi connectivity index (χ2v) is 5.47. The van der Waals surface area contributed by atoms with Crippen LogP contribution in [0.3, 0.4) is 0 Å². The summed E-state index contributed by atoms with van der Waals surface area (Å²) in [4.78, 5) is 2.55. The van der Waals surface area contributed by atoms with Crippen LogP contribution >= 0.6 is 0 Å². The molecule has 1 N–H and O–H groups in total. The average Bonchev–Trinajstić information content (AvgIpc) is 2.95. The third-order valence-electron chi connectivity index (χ3n) is 3.67. The van der Waals surface area contributed by atoms with Gasteiger partial charge in [0.05, 0.1) is 6.20 Å². The molecule has 2 rings (SSSR count). The second kappa shape index (κ2) is 6.18. The van der Waals surface area contributed by atoms with Crippen LogP contribution in [0.25, 0.3) is 0 Å². The van der Waals surface area contributed by atoms with Gasteiger partial charge in [-0.05, 0) is 39.2 Å². The van der Waals surface area contributed by atoms with Gasteiger partial charge >= 0.3 is 0 Å². The maximum Gasteiger partial charge on any atom is 0.144 e. The molecule has 1 atom stereocenters. The van der Waals surface area contributed by atoms with E-state index in [0.29, 0.717) is 6.04 Å². The van der Waals surface area contributed by atoms with Gasteiger partial charge < -0.3 is 10.2 Å². The van der Waals surface area contributed by atoms with Crippen molar-refractivity contribution in [2.45, 2.75) is 46.2 Å². The SMILES string of the molecule is CCCn1nncc1NCC1CCN(C(C)C)C1. The van der Waals surface area contributed by atoms with Gasteiger partial charge in [0.1, 0.15) is 5.82 Å². The van der Waals surface area contributed by atoms with Crippen molar-refractivity contribution in [2.75, 3.05) is 25.0 Å². The van der Waals surface area contributed by atoms with Crippen LogP contribution in [-0.4, -0.2) is 45.6 Å². The zero-order valence-corrected chi connectivity index (χ0v) is 11.8. The fraction of sp³-hybridized carbons (Fsp3) is 0.846. The number of likely N-dealkylation sites (tertiary alicyclic amines) is 1. The lowest BCUT2D eigenvalue weighted by Crippen LogP contribution is -2.29. The minimum absolute atomic E-state index is 0.669. The van der Waals surface area contributed by atoms with E-state index in [2.05, 4.69) is 41.3 Å². The van der Waals surface area contributed by atoms with Crippen molar-refractivity contribution >= 4 is 5.82 Å². The molecule has 1 fully saturated rings. The van der Waals surface area contributed by atoms with Crippen molar-refractivity contribution in [1.82, 2.24) is 19.9 Å². The highest BCUT2D eigenvalue weighted by atomic mass is 15.4. The van der Waals surface area contributed by atoms with Gasteiger partial charge in [0.25, 0.3) is 0 Å². The number of aryl methyl sites for hydroxylation is 1. The third-order valence-corrected chi connectivity index (χ3v) is 3.67. The standard InChI is InChI=1S/C13H25N5/c1-4-6-18-13(9-15-16-18)14-8-12-5-7-17(10-12)11(2)3/h9,11-12,14H,4-8,10H2,1-3H3. The van der Waals surface area contributed by atoms with Gasteiger partial charge in [-0.2, -0.15) is 0 Å². The molecule has 1 unspecified atom stereocenters. The molecular formula is C13H25N5. The summed E-state index contributed by atoms with van der Waals surface area (Å²) in [5.41, 5.74) is 0. The summed E-state index contributed by atoms with van der Waals surface area (Å²) in [7, 11) is 0. The minimum atomic E-state index is 0.669.